The first-order valence-corrected chi connectivity index (χ1v) is 4.97. The van der Waals surface area contributed by atoms with Crippen LogP contribution in [0.5, 0.6) is 0 Å². The molecular formula is C14H11NO. The molecule has 2 heteroatoms. The lowest BCUT2D eigenvalue weighted by Crippen LogP contribution is -1.89. The smallest absolute Gasteiger partial charge is 0.151 e. The summed E-state index contributed by atoms with van der Waals surface area (Å²) in [4.78, 5) is 14.7. The molecule has 0 radical (unpaired) electrons. The van der Waals surface area contributed by atoms with E-state index in [1.165, 1.54) is 0 Å². The van der Waals surface area contributed by atoms with E-state index in [9.17, 15) is 4.79 Å². The van der Waals surface area contributed by atoms with Gasteiger partial charge >= 0.3 is 0 Å². The van der Waals surface area contributed by atoms with Gasteiger partial charge in [-0.1, -0.05) is 36.9 Å². The Morgan fingerprint density at radius 2 is 1.88 bits per heavy atom. The van der Waals surface area contributed by atoms with Gasteiger partial charge in [0, 0.05) is 11.8 Å². The lowest BCUT2D eigenvalue weighted by molar-refractivity contribution is -0.103. The standard InChI is InChI=1S/C14H11NO/c1-11(10-16)14-9-13(7-8-15-14)12-5-3-2-4-6-12/h2-10H,1H2. The maximum absolute atomic E-state index is 10.6. The van der Waals surface area contributed by atoms with Crippen molar-refractivity contribution >= 4 is 11.9 Å². The molecule has 0 amide bonds. The molecule has 0 aliphatic heterocycles. The Labute approximate surface area is 94.3 Å². The van der Waals surface area contributed by atoms with Crippen molar-refractivity contribution in [2.45, 2.75) is 0 Å². The van der Waals surface area contributed by atoms with Crippen molar-refractivity contribution in [2.75, 3.05) is 0 Å². The number of hydrogen-bond donors (Lipinski definition) is 0. The third-order valence-electron chi connectivity index (χ3n) is 2.34. The number of aldehydes is 1. The summed E-state index contributed by atoms with van der Waals surface area (Å²) in [6.07, 6.45) is 2.41. The average molecular weight is 209 g/mol. The lowest BCUT2D eigenvalue weighted by atomic mass is 10.0. The molecule has 1 aromatic carbocycles. The Morgan fingerprint density at radius 3 is 2.56 bits per heavy atom. The minimum Gasteiger partial charge on any atom is -0.298 e. The molecule has 1 aromatic heterocycles. The van der Waals surface area contributed by atoms with Gasteiger partial charge in [0.1, 0.15) is 0 Å². The molecule has 0 aliphatic rings. The molecule has 16 heavy (non-hydrogen) atoms. The van der Waals surface area contributed by atoms with Crippen molar-refractivity contribution in [2.24, 2.45) is 0 Å². The lowest BCUT2D eigenvalue weighted by Gasteiger charge is -2.03. The Kier molecular flexibility index (Phi) is 2.92. The molecule has 78 valence electrons. The summed E-state index contributed by atoms with van der Waals surface area (Å²) in [5.41, 5.74) is 3.16. The van der Waals surface area contributed by atoms with Gasteiger partial charge in [0.05, 0.1) is 5.69 Å². The third kappa shape index (κ3) is 2.06. The van der Waals surface area contributed by atoms with E-state index in [0.29, 0.717) is 11.3 Å². The van der Waals surface area contributed by atoms with Crippen LogP contribution >= 0.6 is 0 Å². The maximum atomic E-state index is 10.6. The van der Waals surface area contributed by atoms with E-state index in [-0.39, 0.29) is 0 Å². The second-order valence-corrected chi connectivity index (χ2v) is 3.44. The van der Waals surface area contributed by atoms with Crippen LogP contribution in [0.2, 0.25) is 0 Å². The van der Waals surface area contributed by atoms with Crippen LogP contribution < -0.4 is 0 Å². The zero-order chi connectivity index (χ0) is 11.4. The number of allylic oxidation sites excluding steroid dienone is 1. The Bertz CT molecular complexity index is 517. The van der Waals surface area contributed by atoms with Crippen LogP contribution in [0.1, 0.15) is 5.69 Å². The minimum absolute atomic E-state index is 0.401. The molecular weight excluding hydrogens is 198 g/mol. The SMILES string of the molecule is C=C(C=O)c1cc(-c2ccccc2)ccn1. The van der Waals surface area contributed by atoms with Gasteiger partial charge in [-0.25, -0.2) is 0 Å². The highest BCUT2D eigenvalue weighted by Crippen LogP contribution is 2.20. The van der Waals surface area contributed by atoms with Gasteiger partial charge in [0.25, 0.3) is 0 Å². The zero-order valence-electron chi connectivity index (χ0n) is 8.76. The number of pyridine rings is 1. The minimum atomic E-state index is 0.401. The highest BCUT2D eigenvalue weighted by molar-refractivity contribution is 6.05. The van der Waals surface area contributed by atoms with Gasteiger partial charge < -0.3 is 0 Å². The summed E-state index contributed by atoms with van der Waals surface area (Å²) in [7, 11) is 0. The molecule has 2 nitrogen and oxygen atoms in total. The number of carbonyl (C=O) groups excluding carboxylic acids is 1. The first-order valence-electron chi connectivity index (χ1n) is 4.97. The number of rotatable bonds is 3. The Balaban J connectivity index is 2.44. The van der Waals surface area contributed by atoms with Gasteiger partial charge in [-0.2, -0.15) is 0 Å². The largest absolute Gasteiger partial charge is 0.298 e. The number of aromatic nitrogens is 1. The molecule has 0 N–H and O–H groups in total. The highest BCUT2D eigenvalue weighted by atomic mass is 16.1. The van der Waals surface area contributed by atoms with Crippen molar-refractivity contribution < 1.29 is 4.79 Å². The van der Waals surface area contributed by atoms with E-state index in [1.807, 2.05) is 42.5 Å². The molecule has 0 aliphatic carbocycles. The first kappa shape index (κ1) is 10.3. The van der Waals surface area contributed by atoms with E-state index in [0.717, 1.165) is 17.4 Å². The van der Waals surface area contributed by atoms with Crippen molar-refractivity contribution in [3.05, 3.63) is 60.9 Å². The predicted octanol–water partition coefficient (Wildman–Crippen LogP) is 2.96. The molecule has 1 heterocycles. The molecule has 0 unspecified atom stereocenters. The average Bonchev–Trinajstić information content (AvgIpc) is 2.39. The van der Waals surface area contributed by atoms with E-state index in [1.54, 1.807) is 6.20 Å². The fraction of sp³-hybridized carbons (Fsp3) is 0. The molecule has 0 bridgehead atoms. The van der Waals surface area contributed by atoms with Crippen LogP contribution in [0.25, 0.3) is 16.7 Å². The number of carbonyl (C=O) groups is 1. The Hall–Kier alpha value is -2.22. The van der Waals surface area contributed by atoms with Crippen molar-refractivity contribution in [1.29, 1.82) is 0 Å². The third-order valence-corrected chi connectivity index (χ3v) is 2.34. The van der Waals surface area contributed by atoms with E-state index < -0.39 is 0 Å². The van der Waals surface area contributed by atoms with Gasteiger partial charge in [-0.05, 0) is 23.3 Å². The van der Waals surface area contributed by atoms with Gasteiger partial charge in [-0.15, -0.1) is 0 Å². The summed E-state index contributed by atoms with van der Waals surface area (Å²) < 4.78 is 0. The van der Waals surface area contributed by atoms with Crippen LogP contribution in [0, 0.1) is 0 Å². The fourth-order valence-electron chi connectivity index (χ4n) is 1.48. The quantitative estimate of drug-likeness (QED) is 0.574. The van der Waals surface area contributed by atoms with E-state index in [2.05, 4.69) is 11.6 Å². The van der Waals surface area contributed by atoms with Gasteiger partial charge in [0.15, 0.2) is 6.29 Å². The summed E-state index contributed by atoms with van der Waals surface area (Å²) >= 11 is 0. The van der Waals surface area contributed by atoms with Gasteiger partial charge in [-0.3, -0.25) is 9.78 Å². The first-order chi connectivity index (χ1) is 7.81. The number of nitrogens with zero attached hydrogens (tertiary/aromatic N) is 1. The van der Waals surface area contributed by atoms with Crippen LogP contribution in [0.15, 0.2) is 55.2 Å². The van der Waals surface area contributed by atoms with Crippen molar-refractivity contribution in [3.63, 3.8) is 0 Å². The second-order valence-electron chi connectivity index (χ2n) is 3.44. The fourth-order valence-corrected chi connectivity index (χ4v) is 1.48. The number of benzene rings is 1. The second kappa shape index (κ2) is 4.53. The molecule has 0 saturated heterocycles. The molecule has 2 aromatic rings. The number of hydrogen-bond acceptors (Lipinski definition) is 2. The van der Waals surface area contributed by atoms with E-state index >= 15 is 0 Å². The van der Waals surface area contributed by atoms with Crippen LogP contribution in [-0.2, 0) is 4.79 Å². The monoisotopic (exact) mass is 209 g/mol. The molecule has 0 atom stereocenters. The highest BCUT2D eigenvalue weighted by Gasteiger charge is 2.02. The van der Waals surface area contributed by atoms with Crippen molar-refractivity contribution in [3.8, 4) is 11.1 Å². The maximum Gasteiger partial charge on any atom is 0.151 e. The summed E-state index contributed by atoms with van der Waals surface area (Å²) in [5.74, 6) is 0. The Morgan fingerprint density at radius 1 is 1.12 bits per heavy atom. The van der Waals surface area contributed by atoms with Crippen LogP contribution in [0.3, 0.4) is 0 Å². The van der Waals surface area contributed by atoms with Crippen LogP contribution in [-0.4, -0.2) is 11.3 Å². The van der Waals surface area contributed by atoms with Crippen molar-refractivity contribution in [1.82, 2.24) is 4.98 Å². The van der Waals surface area contributed by atoms with Gasteiger partial charge in [0.2, 0.25) is 0 Å². The predicted molar refractivity (Wildman–Crippen MR) is 64.8 cm³/mol. The summed E-state index contributed by atoms with van der Waals surface area (Å²) in [5, 5.41) is 0. The zero-order valence-corrected chi connectivity index (χ0v) is 8.76. The summed E-state index contributed by atoms with van der Waals surface area (Å²) in [6.45, 7) is 3.65. The summed E-state index contributed by atoms with van der Waals surface area (Å²) in [6, 6.07) is 13.7. The molecule has 0 saturated carbocycles. The molecule has 0 spiro atoms. The normalized spacial score (nSPS) is 9.75. The topological polar surface area (TPSA) is 30.0 Å². The molecule has 0 fully saturated rings. The molecule has 2 rings (SSSR count). The van der Waals surface area contributed by atoms with Crippen LogP contribution in [0.4, 0.5) is 0 Å². The van der Waals surface area contributed by atoms with E-state index in [4.69, 9.17) is 0 Å².